The monoisotopic (exact) mass is 502 g/mol. The van der Waals surface area contributed by atoms with Crippen molar-refractivity contribution in [2.75, 3.05) is 18.0 Å². The lowest BCUT2D eigenvalue weighted by atomic mass is 10.1. The van der Waals surface area contributed by atoms with Crippen LogP contribution in [0, 0.1) is 0 Å². The Hall–Kier alpha value is -2.19. The second kappa shape index (κ2) is 13.0. The van der Waals surface area contributed by atoms with E-state index in [1.165, 1.54) is 11.8 Å². The number of benzene rings is 1. The Labute approximate surface area is 211 Å². The summed E-state index contributed by atoms with van der Waals surface area (Å²) in [4.78, 5) is 41.0. The highest BCUT2D eigenvalue weighted by atomic mass is 32.2. The number of carboxylic acid groups (broad SMARTS) is 1. The van der Waals surface area contributed by atoms with Gasteiger partial charge < -0.3 is 10.0 Å². The Kier molecular flexibility index (Phi) is 10.1. The van der Waals surface area contributed by atoms with Crippen LogP contribution in [-0.4, -0.2) is 45.2 Å². The Morgan fingerprint density at radius 3 is 2.18 bits per heavy atom. The summed E-state index contributed by atoms with van der Waals surface area (Å²) in [7, 11) is 0. The van der Waals surface area contributed by atoms with Crippen LogP contribution >= 0.6 is 24.0 Å². The largest absolute Gasteiger partial charge is 0.481 e. The number of carboxylic acids is 1. The number of aliphatic carboxylic acids is 1. The number of amides is 2. The molecule has 0 aliphatic carbocycles. The van der Waals surface area contributed by atoms with Gasteiger partial charge in [0.15, 0.2) is 0 Å². The van der Waals surface area contributed by atoms with Gasteiger partial charge in [-0.25, -0.2) is 0 Å². The molecule has 0 unspecified atom stereocenters. The maximum absolute atomic E-state index is 13.3. The molecular weight excluding hydrogens is 468 g/mol. The van der Waals surface area contributed by atoms with E-state index in [0.717, 1.165) is 75.5 Å². The summed E-state index contributed by atoms with van der Waals surface area (Å²) in [6, 6.07) is 7.70. The van der Waals surface area contributed by atoms with Crippen molar-refractivity contribution in [2.24, 2.45) is 0 Å². The first kappa shape index (κ1) is 26.4. The van der Waals surface area contributed by atoms with Crippen molar-refractivity contribution in [1.82, 2.24) is 4.90 Å². The van der Waals surface area contributed by atoms with Gasteiger partial charge in [-0.1, -0.05) is 94.0 Å². The Morgan fingerprint density at radius 1 is 0.882 bits per heavy atom. The summed E-state index contributed by atoms with van der Waals surface area (Å²) in [5.41, 5.74) is 2.20. The lowest BCUT2D eigenvalue weighted by molar-refractivity contribution is -0.137. The van der Waals surface area contributed by atoms with Crippen LogP contribution in [0.2, 0.25) is 0 Å². The van der Waals surface area contributed by atoms with Crippen molar-refractivity contribution in [3.05, 3.63) is 34.7 Å². The first-order chi connectivity index (χ1) is 16.5. The van der Waals surface area contributed by atoms with E-state index in [9.17, 15) is 14.4 Å². The van der Waals surface area contributed by atoms with E-state index in [2.05, 4.69) is 6.92 Å². The number of anilines is 1. The minimum absolute atomic E-state index is 0.0986. The van der Waals surface area contributed by atoms with Gasteiger partial charge >= 0.3 is 5.97 Å². The second-order valence-electron chi connectivity index (χ2n) is 8.83. The SMILES string of the molecule is CCCCN1C(=O)/C(=C2\SC(=S)N(CCCCCCCCCCC(=O)O)C2=O)c2ccccc21. The summed E-state index contributed by atoms with van der Waals surface area (Å²) < 4.78 is 0.531. The van der Waals surface area contributed by atoms with Crippen molar-refractivity contribution in [3.63, 3.8) is 0 Å². The van der Waals surface area contributed by atoms with Gasteiger partial charge in [-0.3, -0.25) is 19.3 Å². The van der Waals surface area contributed by atoms with Crippen LogP contribution in [0.15, 0.2) is 29.2 Å². The fourth-order valence-electron chi connectivity index (χ4n) is 4.39. The maximum atomic E-state index is 13.3. The van der Waals surface area contributed by atoms with Crippen LogP contribution < -0.4 is 4.90 Å². The third-order valence-electron chi connectivity index (χ3n) is 6.26. The number of para-hydroxylation sites is 1. The molecule has 0 aromatic heterocycles. The van der Waals surface area contributed by atoms with Crippen LogP contribution in [0.4, 0.5) is 5.69 Å². The molecule has 1 saturated heterocycles. The highest BCUT2D eigenvalue weighted by Crippen LogP contribution is 2.44. The Balaban J connectivity index is 1.52. The zero-order valence-electron chi connectivity index (χ0n) is 19.9. The van der Waals surface area contributed by atoms with Crippen LogP contribution in [0.5, 0.6) is 0 Å². The number of rotatable bonds is 14. The number of thioether (sulfide) groups is 1. The van der Waals surface area contributed by atoms with E-state index >= 15 is 0 Å². The Morgan fingerprint density at radius 2 is 1.50 bits per heavy atom. The highest BCUT2D eigenvalue weighted by molar-refractivity contribution is 8.26. The first-order valence-electron chi connectivity index (χ1n) is 12.4. The van der Waals surface area contributed by atoms with Crippen molar-refractivity contribution >= 4 is 57.3 Å². The van der Waals surface area contributed by atoms with Crippen LogP contribution in [0.3, 0.4) is 0 Å². The van der Waals surface area contributed by atoms with Crippen LogP contribution in [0.1, 0.15) is 83.1 Å². The molecule has 34 heavy (non-hydrogen) atoms. The molecule has 0 atom stereocenters. The van der Waals surface area contributed by atoms with Crippen molar-refractivity contribution in [2.45, 2.75) is 77.6 Å². The summed E-state index contributed by atoms with van der Waals surface area (Å²) >= 11 is 6.76. The van der Waals surface area contributed by atoms with E-state index < -0.39 is 5.97 Å². The molecule has 2 aliphatic heterocycles. The van der Waals surface area contributed by atoms with E-state index in [0.29, 0.717) is 27.9 Å². The fraction of sp³-hybridized carbons (Fsp3) is 0.538. The maximum Gasteiger partial charge on any atom is 0.303 e. The molecule has 3 rings (SSSR count). The van der Waals surface area contributed by atoms with Gasteiger partial charge in [0.25, 0.3) is 11.8 Å². The molecular formula is C26H34N2O4S2. The summed E-state index contributed by atoms with van der Waals surface area (Å²) in [5, 5.41) is 8.66. The molecule has 1 fully saturated rings. The molecule has 0 spiro atoms. The average molecular weight is 503 g/mol. The van der Waals surface area contributed by atoms with Crippen molar-refractivity contribution in [3.8, 4) is 0 Å². The molecule has 1 N–H and O–H groups in total. The van der Waals surface area contributed by atoms with Crippen LogP contribution in [0.25, 0.3) is 5.57 Å². The average Bonchev–Trinajstić information content (AvgIpc) is 3.25. The Bertz CT molecular complexity index is 960. The molecule has 184 valence electrons. The summed E-state index contributed by atoms with van der Waals surface area (Å²) in [6.45, 7) is 3.33. The number of fused-ring (bicyclic) bond motifs is 1. The van der Waals surface area contributed by atoms with E-state index in [-0.39, 0.29) is 18.2 Å². The molecule has 0 radical (unpaired) electrons. The molecule has 0 bridgehead atoms. The molecule has 6 nitrogen and oxygen atoms in total. The molecule has 2 heterocycles. The van der Waals surface area contributed by atoms with Crippen LogP contribution in [-0.2, 0) is 14.4 Å². The summed E-state index contributed by atoms with van der Waals surface area (Å²) in [6.07, 6.45) is 10.2. The zero-order valence-corrected chi connectivity index (χ0v) is 21.5. The lowest BCUT2D eigenvalue weighted by Gasteiger charge is -2.16. The standard InChI is InChI=1S/C26H34N2O4S2/c1-2-3-17-27-20-15-12-11-14-19(20)22(24(27)31)23-25(32)28(26(33)34-23)18-13-9-7-5-4-6-8-10-16-21(29)30/h11-12,14-15H,2-10,13,16-18H2,1H3,(H,29,30)/b23-22-. The van der Waals surface area contributed by atoms with Crippen molar-refractivity contribution < 1.29 is 19.5 Å². The number of carbonyl (C=O) groups excluding carboxylic acids is 2. The van der Waals surface area contributed by atoms with E-state index in [4.69, 9.17) is 17.3 Å². The van der Waals surface area contributed by atoms with Gasteiger partial charge in [0.2, 0.25) is 0 Å². The second-order valence-corrected chi connectivity index (χ2v) is 10.5. The minimum Gasteiger partial charge on any atom is -0.481 e. The molecule has 1 aromatic rings. The number of carbonyl (C=O) groups is 3. The van der Waals surface area contributed by atoms with Gasteiger partial charge in [-0.05, 0) is 25.3 Å². The number of hydrogen-bond donors (Lipinski definition) is 1. The highest BCUT2D eigenvalue weighted by Gasteiger charge is 2.41. The van der Waals surface area contributed by atoms with Gasteiger partial charge in [-0.15, -0.1) is 0 Å². The van der Waals surface area contributed by atoms with E-state index in [1.54, 1.807) is 9.80 Å². The first-order valence-corrected chi connectivity index (χ1v) is 13.6. The lowest BCUT2D eigenvalue weighted by Crippen LogP contribution is -2.30. The molecule has 0 saturated carbocycles. The third kappa shape index (κ3) is 6.48. The third-order valence-corrected chi connectivity index (χ3v) is 7.71. The summed E-state index contributed by atoms with van der Waals surface area (Å²) in [5.74, 6) is -0.968. The smallest absolute Gasteiger partial charge is 0.303 e. The van der Waals surface area contributed by atoms with Gasteiger partial charge in [0.1, 0.15) is 4.32 Å². The zero-order chi connectivity index (χ0) is 24.5. The predicted octanol–water partition coefficient (Wildman–Crippen LogP) is 6.00. The van der Waals surface area contributed by atoms with Gasteiger partial charge in [0.05, 0.1) is 16.2 Å². The fourth-order valence-corrected chi connectivity index (χ4v) is 5.77. The molecule has 1 aromatic carbocycles. The van der Waals surface area contributed by atoms with E-state index in [1.807, 2.05) is 24.3 Å². The number of thiocarbonyl (C=S) groups is 1. The molecule has 2 amide bonds. The quantitative estimate of drug-likeness (QED) is 0.191. The topological polar surface area (TPSA) is 77.9 Å². The number of nitrogens with zero attached hydrogens (tertiary/aromatic N) is 2. The minimum atomic E-state index is -0.721. The number of unbranched alkanes of at least 4 members (excludes halogenated alkanes) is 8. The van der Waals surface area contributed by atoms with Crippen molar-refractivity contribution in [1.29, 1.82) is 0 Å². The molecule has 8 heteroatoms. The van der Waals surface area contributed by atoms with Gasteiger partial charge in [0, 0.05) is 25.1 Å². The predicted molar refractivity (Wildman–Crippen MR) is 142 cm³/mol. The normalized spacial score (nSPS) is 17.7. The number of hydrogen-bond acceptors (Lipinski definition) is 5. The molecule has 2 aliphatic rings. The van der Waals surface area contributed by atoms with Gasteiger partial charge in [-0.2, -0.15) is 0 Å².